The van der Waals surface area contributed by atoms with Gasteiger partial charge in [-0.3, -0.25) is 9.48 Å². The monoisotopic (exact) mass is 315 g/mol. The van der Waals surface area contributed by atoms with Crippen molar-refractivity contribution < 1.29 is 14.3 Å². The first-order valence-corrected chi connectivity index (χ1v) is 7.76. The van der Waals surface area contributed by atoms with Gasteiger partial charge in [0.25, 0.3) is 5.91 Å². The van der Waals surface area contributed by atoms with E-state index < -0.39 is 0 Å². The standard InChI is InChI=1S/C17H21N3O3/c1-20-15(7-9-18-20)17(21)19-14-8-10-22-12-16(14)23-11-13-5-3-2-4-6-13/h2-7,9,14,16H,8,10-12H2,1H3,(H,19,21)/t14-,16-/m1/s1. The Balaban J connectivity index is 1.60. The quantitative estimate of drug-likeness (QED) is 0.908. The van der Waals surface area contributed by atoms with Crippen molar-refractivity contribution in [3.05, 3.63) is 53.9 Å². The molecule has 0 unspecified atom stereocenters. The minimum atomic E-state index is -0.152. The maximum absolute atomic E-state index is 12.3. The van der Waals surface area contributed by atoms with Crippen molar-refractivity contribution in [2.75, 3.05) is 13.2 Å². The zero-order valence-corrected chi connectivity index (χ0v) is 13.1. The molecule has 3 rings (SSSR count). The average molecular weight is 315 g/mol. The molecule has 1 saturated heterocycles. The molecule has 2 heterocycles. The van der Waals surface area contributed by atoms with Crippen LogP contribution in [-0.2, 0) is 23.1 Å². The Bertz CT molecular complexity index is 642. The summed E-state index contributed by atoms with van der Waals surface area (Å²) >= 11 is 0. The lowest BCUT2D eigenvalue weighted by atomic mass is 10.1. The van der Waals surface area contributed by atoms with Crippen molar-refractivity contribution in [3.8, 4) is 0 Å². The van der Waals surface area contributed by atoms with E-state index in [9.17, 15) is 4.79 Å². The first-order valence-electron chi connectivity index (χ1n) is 7.76. The van der Waals surface area contributed by atoms with Crippen molar-refractivity contribution in [1.82, 2.24) is 15.1 Å². The zero-order valence-electron chi connectivity index (χ0n) is 13.1. The van der Waals surface area contributed by atoms with Gasteiger partial charge in [0.2, 0.25) is 0 Å². The van der Waals surface area contributed by atoms with Gasteiger partial charge in [-0.15, -0.1) is 0 Å². The van der Waals surface area contributed by atoms with Crippen LogP contribution in [0.25, 0.3) is 0 Å². The summed E-state index contributed by atoms with van der Waals surface area (Å²) in [4.78, 5) is 12.3. The highest BCUT2D eigenvalue weighted by Crippen LogP contribution is 2.14. The third-order valence-corrected chi connectivity index (χ3v) is 3.98. The number of rotatable bonds is 5. The Morgan fingerprint density at radius 3 is 2.96 bits per heavy atom. The van der Waals surface area contributed by atoms with Gasteiger partial charge in [0, 0.05) is 19.9 Å². The van der Waals surface area contributed by atoms with Crippen molar-refractivity contribution >= 4 is 5.91 Å². The normalized spacial score (nSPS) is 21.1. The SMILES string of the molecule is Cn1nccc1C(=O)N[C@@H]1CCOC[C@H]1OCc1ccccc1. The second-order valence-electron chi connectivity index (χ2n) is 5.62. The lowest BCUT2D eigenvalue weighted by Crippen LogP contribution is -2.50. The van der Waals surface area contributed by atoms with Crippen LogP contribution >= 0.6 is 0 Å². The van der Waals surface area contributed by atoms with Gasteiger partial charge < -0.3 is 14.8 Å². The van der Waals surface area contributed by atoms with Crippen LogP contribution in [0.2, 0.25) is 0 Å². The first-order chi connectivity index (χ1) is 11.2. The lowest BCUT2D eigenvalue weighted by molar-refractivity contribution is -0.0736. The van der Waals surface area contributed by atoms with E-state index in [2.05, 4.69) is 10.4 Å². The highest BCUT2D eigenvalue weighted by atomic mass is 16.5. The molecule has 6 nitrogen and oxygen atoms in total. The molecule has 23 heavy (non-hydrogen) atoms. The fraction of sp³-hybridized carbons (Fsp3) is 0.412. The highest BCUT2D eigenvalue weighted by Gasteiger charge is 2.28. The van der Waals surface area contributed by atoms with Gasteiger partial charge in [0.05, 0.1) is 19.3 Å². The highest BCUT2D eigenvalue weighted by molar-refractivity contribution is 5.92. The number of hydrogen-bond donors (Lipinski definition) is 1. The van der Waals surface area contributed by atoms with Gasteiger partial charge in [-0.1, -0.05) is 30.3 Å². The van der Waals surface area contributed by atoms with Gasteiger partial charge in [-0.05, 0) is 18.1 Å². The minimum Gasteiger partial charge on any atom is -0.379 e. The summed E-state index contributed by atoms with van der Waals surface area (Å²) in [6, 6.07) is 11.6. The number of carbonyl (C=O) groups excluding carboxylic acids is 1. The summed E-state index contributed by atoms with van der Waals surface area (Å²) < 4.78 is 13.0. The van der Waals surface area contributed by atoms with Crippen LogP contribution in [0.5, 0.6) is 0 Å². The average Bonchev–Trinajstić information content (AvgIpc) is 3.01. The Hall–Kier alpha value is -2.18. The van der Waals surface area contributed by atoms with E-state index in [1.807, 2.05) is 30.3 Å². The molecule has 0 radical (unpaired) electrons. The number of aromatic nitrogens is 2. The minimum absolute atomic E-state index is 0.0603. The van der Waals surface area contributed by atoms with E-state index in [1.54, 1.807) is 24.0 Å². The molecule has 0 aliphatic carbocycles. The summed E-state index contributed by atoms with van der Waals surface area (Å²) in [5, 5.41) is 7.07. The number of nitrogens with one attached hydrogen (secondary N) is 1. The molecular formula is C17H21N3O3. The van der Waals surface area contributed by atoms with E-state index >= 15 is 0 Å². The fourth-order valence-electron chi connectivity index (χ4n) is 2.66. The molecule has 2 aromatic rings. The van der Waals surface area contributed by atoms with E-state index in [0.717, 1.165) is 12.0 Å². The molecule has 1 amide bonds. The van der Waals surface area contributed by atoms with Crippen LogP contribution in [0.15, 0.2) is 42.6 Å². The molecule has 1 aromatic heterocycles. The molecule has 1 N–H and O–H groups in total. The summed E-state index contributed by atoms with van der Waals surface area (Å²) in [7, 11) is 1.75. The van der Waals surface area contributed by atoms with E-state index in [1.165, 1.54) is 0 Å². The molecule has 1 aliphatic heterocycles. The van der Waals surface area contributed by atoms with Crippen molar-refractivity contribution in [2.24, 2.45) is 7.05 Å². The molecule has 2 atom stereocenters. The third-order valence-electron chi connectivity index (χ3n) is 3.98. The Morgan fingerprint density at radius 1 is 1.39 bits per heavy atom. The van der Waals surface area contributed by atoms with Crippen molar-refractivity contribution in [1.29, 1.82) is 0 Å². The van der Waals surface area contributed by atoms with Crippen LogP contribution in [0.4, 0.5) is 0 Å². The molecule has 0 spiro atoms. The van der Waals surface area contributed by atoms with E-state index in [0.29, 0.717) is 25.5 Å². The summed E-state index contributed by atoms with van der Waals surface area (Å²) in [5.74, 6) is -0.134. The molecule has 1 fully saturated rings. The summed E-state index contributed by atoms with van der Waals surface area (Å²) in [5.41, 5.74) is 1.65. The van der Waals surface area contributed by atoms with Crippen molar-refractivity contribution in [3.63, 3.8) is 0 Å². The van der Waals surface area contributed by atoms with Gasteiger partial charge in [0.15, 0.2) is 0 Å². The second kappa shape index (κ2) is 7.39. The van der Waals surface area contributed by atoms with Crippen LogP contribution in [0.3, 0.4) is 0 Å². The lowest BCUT2D eigenvalue weighted by Gasteiger charge is -2.32. The van der Waals surface area contributed by atoms with E-state index in [4.69, 9.17) is 9.47 Å². The van der Waals surface area contributed by atoms with Gasteiger partial charge >= 0.3 is 0 Å². The summed E-state index contributed by atoms with van der Waals surface area (Å²) in [6.07, 6.45) is 2.20. The number of aryl methyl sites for hydroxylation is 1. The topological polar surface area (TPSA) is 65.4 Å². The van der Waals surface area contributed by atoms with Crippen LogP contribution < -0.4 is 5.32 Å². The molecule has 1 aromatic carbocycles. The number of nitrogens with zero attached hydrogens (tertiary/aromatic N) is 2. The van der Waals surface area contributed by atoms with E-state index in [-0.39, 0.29) is 18.1 Å². The summed E-state index contributed by atoms with van der Waals surface area (Å²) in [6.45, 7) is 1.62. The first kappa shape index (κ1) is 15.7. The molecule has 0 bridgehead atoms. The Kier molecular flexibility index (Phi) is 5.05. The number of ether oxygens (including phenoxy) is 2. The predicted octanol–water partition coefficient (Wildman–Crippen LogP) is 1.52. The molecule has 1 aliphatic rings. The zero-order chi connectivity index (χ0) is 16.1. The Morgan fingerprint density at radius 2 is 2.22 bits per heavy atom. The Labute approximate surface area is 135 Å². The van der Waals surface area contributed by atoms with Crippen LogP contribution in [-0.4, -0.2) is 41.0 Å². The van der Waals surface area contributed by atoms with Crippen molar-refractivity contribution in [2.45, 2.75) is 25.2 Å². The second-order valence-corrected chi connectivity index (χ2v) is 5.62. The molecule has 0 saturated carbocycles. The molecular weight excluding hydrogens is 294 g/mol. The van der Waals surface area contributed by atoms with Crippen LogP contribution in [0.1, 0.15) is 22.5 Å². The molecule has 6 heteroatoms. The maximum Gasteiger partial charge on any atom is 0.269 e. The molecule has 122 valence electrons. The number of benzene rings is 1. The smallest absolute Gasteiger partial charge is 0.269 e. The largest absolute Gasteiger partial charge is 0.379 e. The maximum atomic E-state index is 12.3. The van der Waals surface area contributed by atoms with Crippen LogP contribution in [0, 0.1) is 0 Å². The van der Waals surface area contributed by atoms with Gasteiger partial charge in [-0.25, -0.2) is 0 Å². The third kappa shape index (κ3) is 3.97. The van der Waals surface area contributed by atoms with Gasteiger partial charge in [0.1, 0.15) is 11.8 Å². The fourth-order valence-corrected chi connectivity index (χ4v) is 2.66. The number of amides is 1. The predicted molar refractivity (Wildman–Crippen MR) is 84.9 cm³/mol. The number of carbonyl (C=O) groups is 1. The van der Waals surface area contributed by atoms with Gasteiger partial charge in [-0.2, -0.15) is 5.10 Å². The number of hydrogen-bond acceptors (Lipinski definition) is 4.